The Hall–Kier alpha value is -1.09. The normalized spacial score (nSPS) is 22.2. The van der Waals surface area contributed by atoms with Crippen molar-refractivity contribution >= 4 is 5.69 Å². The number of nitrogens with two attached hydrogens (primary N) is 1. The molecule has 3 N–H and O–H groups in total. The maximum absolute atomic E-state index is 14.6. The van der Waals surface area contributed by atoms with Crippen molar-refractivity contribution < 1.29 is 4.39 Å². The van der Waals surface area contributed by atoms with Crippen LogP contribution in [0, 0.1) is 11.8 Å². The third kappa shape index (κ3) is 2.66. The molecule has 1 aromatic rings. The summed E-state index contributed by atoms with van der Waals surface area (Å²) in [6, 6.07) is 8.06. The monoisotopic (exact) mass is 250 g/mol. The molecule has 0 fully saturated rings. The van der Waals surface area contributed by atoms with E-state index in [1.54, 1.807) is 0 Å². The topological polar surface area (TPSA) is 38.0 Å². The van der Waals surface area contributed by atoms with Crippen molar-refractivity contribution in [3.05, 3.63) is 29.8 Å². The molecule has 1 aliphatic rings. The second kappa shape index (κ2) is 5.70. The summed E-state index contributed by atoms with van der Waals surface area (Å²) in [6.07, 6.45) is 0.925. The first-order chi connectivity index (χ1) is 8.63. The van der Waals surface area contributed by atoms with Gasteiger partial charge in [0.25, 0.3) is 0 Å². The lowest BCUT2D eigenvalue weighted by Crippen LogP contribution is -2.43. The molecule has 3 unspecified atom stereocenters. The van der Waals surface area contributed by atoms with Gasteiger partial charge >= 0.3 is 0 Å². The van der Waals surface area contributed by atoms with E-state index in [4.69, 9.17) is 5.73 Å². The third-order valence-corrected chi connectivity index (χ3v) is 4.00. The van der Waals surface area contributed by atoms with Crippen LogP contribution in [-0.4, -0.2) is 18.8 Å². The van der Waals surface area contributed by atoms with Gasteiger partial charge in [-0.1, -0.05) is 32.0 Å². The van der Waals surface area contributed by atoms with Gasteiger partial charge in [-0.05, 0) is 36.9 Å². The first-order valence-corrected chi connectivity index (χ1v) is 6.82. The highest BCUT2D eigenvalue weighted by Gasteiger charge is 2.32. The summed E-state index contributed by atoms with van der Waals surface area (Å²) >= 11 is 0. The highest BCUT2D eigenvalue weighted by atomic mass is 19.1. The quantitative estimate of drug-likeness (QED) is 0.862. The Morgan fingerprint density at radius 2 is 2.11 bits per heavy atom. The van der Waals surface area contributed by atoms with Crippen LogP contribution in [0.1, 0.15) is 25.8 Å². The molecule has 1 aromatic carbocycles. The van der Waals surface area contributed by atoms with Gasteiger partial charge in [0.1, 0.15) is 6.17 Å². The zero-order valence-corrected chi connectivity index (χ0v) is 11.2. The van der Waals surface area contributed by atoms with E-state index < -0.39 is 6.17 Å². The number of benzene rings is 1. The summed E-state index contributed by atoms with van der Waals surface area (Å²) in [7, 11) is 0. The number of para-hydroxylation sites is 1. The van der Waals surface area contributed by atoms with Gasteiger partial charge in [0.2, 0.25) is 0 Å². The lowest BCUT2D eigenvalue weighted by atomic mass is 9.84. The van der Waals surface area contributed by atoms with Crippen LogP contribution in [0.3, 0.4) is 0 Å². The molecule has 3 heteroatoms. The predicted molar refractivity (Wildman–Crippen MR) is 74.5 cm³/mol. The number of hydrogen-bond donors (Lipinski definition) is 2. The van der Waals surface area contributed by atoms with E-state index in [2.05, 4.69) is 11.4 Å². The molecule has 0 aliphatic carbocycles. The fourth-order valence-corrected chi connectivity index (χ4v) is 2.77. The van der Waals surface area contributed by atoms with E-state index in [1.807, 2.05) is 32.0 Å². The van der Waals surface area contributed by atoms with Crippen LogP contribution in [0.5, 0.6) is 0 Å². The Kier molecular flexibility index (Phi) is 4.23. The SMILES string of the molecule is CC(C)C(CN)C(F)C1CCc2ccccc2N1. The van der Waals surface area contributed by atoms with Gasteiger partial charge in [0.15, 0.2) is 0 Å². The van der Waals surface area contributed by atoms with E-state index in [9.17, 15) is 4.39 Å². The highest BCUT2D eigenvalue weighted by Crippen LogP contribution is 2.30. The first-order valence-electron chi connectivity index (χ1n) is 6.82. The summed E-state index contributed by atoms with van der Waals surface area (Å²) in [5, 5.41) is 3.34. The van der Waals surface area contributed by atoms with E-state index >= 15 is 0 Å². The van der Waals surface area contributed by atoms with Crippen molar-refractivity contribution in [1.29, 1.82) is 0 Å². The van der Waals surface area contributed by atoms with Crippen LogP contribution in [0.2, 0.25) is 0 Å². The Morgan fingerprint density at radius 3 is 2.78 bits per heavy atom. The lowest BCUT2D eigenvalue weighted by Gasteiger charge is -2.34. The van der Waals surface area contributed by atoms with Crippen LogP contribution >= 0.6 is 0 Å². The second-order valence-electron chi connectivity index (χ2n) is 5.53. The molecule has 0 spiro atoms. The van der Waals surface area contributed by atoms with Gasteiger partial charge in [-0.25, -0.2) is 4.39 Å². The third-order valence-electron chi connectivity index (χ3n) is 4.00. The van der Waals surface area contributed by atoms with Crippen molar-refractivity contribution in [2.24, 2.45) is 17.6 Å². The number of anilines is 1. The van der Waals surface area contributed by atoms with Gasteiger partial charge < -0.3 is 11.1 Å². The fourth-order valence-electron chi connectivity index (χ4n) is 2.77. The maximum atomic E-state index is 14.6. The first kappa shape index (κ1) is 13.3. The van der Waals surface area contributed by atoms with Gasteiger partial charge in [0, 0.05) is 11.6 Å². The minimum Gasteiger partial charge on any atom is -0.379 e. The number of aryl methyl sites for hydroxylation is 1. The van der Waals surface area contributed by atoms with Crippen LogP contribution in [0.4, 0.5) is 10.1 Å². The van der Waals surface area contributed by atoms with E-state index in [0.717, 1.165) is 18.5 Å². The predicted octanol–water partition coefficient (Wildman–Crippen LogP) is 2.98. The molecule has 0 saturated carbocycles. The van der Waals surface area contributed by atoms with Crippen LogP contribution < -0.4 is 11.1 Å². The zero-order valence-electron chi connectivity index (χ0n) is 11.2. The molecule has 0 bridgehead atoms. The molecule has 0 saturated heterocycles. The molecule has 0 amide bonds. The molecule has 0 radical (unpaired) electrons. The van der Waals surface area contributed by atoms with Gasteiger partial charge in [-0.2, -0.15) is 0 Å². The van der Waals surface area contributed by atoms with Crippen molar-refractivity contribution in [2.45, 2.75) is 38.9 Å². The molecular weight excluding hydrogens is 227 g/mol. The minimum absolute atomic E-state index is 0.0623. The highest BCUT2D eigenvalue weighted by molar-refractivity contribution is 5.54. The van der Waals surface area contributed by atoms with Gasteiger partial charge in [-0.15, -0.1) is 0 Å². The minimum atomic E-state index is -0.872. The summed E-state index contributed by atoms with van der Waals surface area (Å²) in [5.41, 5.74) is 8.07. The van der Waals surface area contributed by atoms with E-state index in [1.165, 1.54) is 5.56 Å². The van der Waals surface area contributed by atoms with E-state index in [-0.39, 0.29) is 17.9 Å². The molecular formula is C15H23FN2. The average Bonchev–Trinajstić information content (AvgIpc) is 2.38. The van der Waals surface area contributed by atoms with Crippen LogP contribution in [-0.2, 0) is 6.42 Å². The molecule has 1 heterocycles. The molecule has 2 nitrogen and oxygen atoms in total. The summed E-state index contributed by atoms with van der Waals surface area (Å²) in [5.74, 6) is 0.219. The number of fused-ring (bicyclic) bond motifs is 1. The Bertz CT molecular complexity index is 392. The fraction of sp³-hybridized carbons (Fsp3) is 0.600. The molecule has 1 aliphatic heterocycles. The Labute approximate surface area is 109 Å². The van der Waals surface area contributed by atoms with Crippen LogP contribution in [0.15, 0.2) is 24.3 Å². The summed E-state index contributed by atoms with van der Waals surface area (Å²) < 4.78 is 14.6. The number of nitrogens with one attached hydrogen (secondary N) is 1. The Morgan fingerprint density at radius 1 is 1.39 bits per heavy atom. The second-order valence-corrected chi connectivity index (χ2v) is 5.53. The molecule has 2 rings (SSSR count). The molecule has 3 atom stereocenters. The van der Waals surface area contributed by atoms with Crippen molar-refractivity contribution in [1.82, 2.24) is 0 Å². The summed E-state index contributed by atoms with van der Waals surface area (Å²) in [6.45, 7) is 4.50. The number of alkyl halides is 1. The van der Waals surface area contributed by atoms with Crippen molar-refractivity contribution in [3.8, 4) is 0 Å². The summed E-state index contributed by atoms with van der Waals surface area (Å²) in [4.78, 5) is 0. The Balaban J connectivity index is 2.08. The standard InChI is InChI=1S/C15H23FN2/c1-10(2)12(9-17)15(16)14-8-7-11-5-3-4-6-13(11)18-14/h3-6,10,12,14-15,18H,7-9,17H2,1-2H3. The average molecular weight is 250 g/mol. The van der Waals surface area contributed by atoms with Gasteiger partial charge in [0.05, 0.1) is 6.04 Å². The largest absolute Gasteiger partial charge is 0.379 e. The zero-order chi connectivity index (χ0) is 13.1. The van der Waals surface area contributed by atoms with Crippen molar-refractivity contribution in [3.63, 3.8) is 0 Å². The van der Waals surface area contributed by atoms with Crippen molar-refractivity contribution in [2.75, 3.05) is 11.9 Å². The lowest BCUT2D eigenvalue weighted by molar-refractivity contribution is 0.158. The molecule has 0 aromatic heterocycles. The smallest absolute Gasteiger partial charge is 0.124 e. The molecule has 100 valence electrons. The van der Waals surface area contributed by atoms with Gasteiger partial charge in [-0.3, -0.25) is 0 Å². The van der Waals surface area contributed by atoms with Crippen LogP contribution in [0.25, 0.3) is 0 Å². The molecule has 18 heavy (non-hydrogen) atoms. The maximum Gasteiger partial charge on any atom is 0.124 e. The number of hydrogen-bond acceptors (Lipinski definition) is 2. The number of halogens is 1. The van der Waals surface area contributed by atoms with E-state index in [0.29, 0.717) is 6.54 Å². The number of rotatable bonds is 4.